The lowest BCUT2D eigenvalue weighted by molar-refractivity contribution is -0.384. The molecule has 0 aliphatic carbocycles. The van der Waals surface area contributed by atoms with Crippen molar-refractivity contribution in [1.29, 1.82) is 0 Å². The zero-order valence-electron chi connectivity index (χ0n) is 10.2. The van der Waals surface area contributed by atoms with Crippen molar-refractivity contribution in [2.75, 3.05) is 0 Å². The Bertz CT molecular complexity index is 585. The van der Waals surface area contributed by atoms with E-state index in [1.807, 2.05) is 6.07 Å². The number of nitro benzene ring substituents is 1. The van der Waals surface area contributed by atoms with Gasteiger partial charge in [0.05, 0.1) is 11.0 Å². The van der Waals surface area contributed by atoms with Crippen LogP contribution in [0.2, 0.25) is 0 Å². The van der Waals surface area contributed by atoms with Crippen molar-refractivity contribution in [3.8, 4) is 0 Å². The van der Waals surface area contributed by atoms with E-state index in [1.165, 1.54) is 23.9 Å². The van der Waals surface area contributed by atoms with Gasteiger partial charge in [-0.1, -0.05) is 17.8 Å². The van der Waals surface area contributed by atoms with Gasteiger partial charge >= 0.3 is 0 Å². The molecule has 0 radical (unpaired) electrons. The third-order valence-electron chi connectivity index (χ3n) is 2.51. The molecule has 0 unspecified atom stereocenters. The second-order valence-corrected chi connectivity index (χ2v) is 4.99. The molecule has 19 heavy (non-hydrogen) atoms. The summed E-state index contributed by atoms with van der Waals surface area (Å²) >= 11 is 1.37. The second-order valence-electron chi connectivity index (χ2n) is 3.93. The number of rotatable bonds is 4. The lowest BCUT2D eigenvalue weighted by atomic mass is 10.2. The van der Waals surface area contributed by atoms with Crippen molar-refractivity contribution in [1.82, 2.24) is 4.98 Å². The highest BCUT2D eigenvalue weighted by Gasteiger charge is 2.11. The molecule has 0 saturated carbocycles. The maximum atomic E-state index is 10.6. The van der Waals surface area contributed by atoms with Crippen molar-refractivity contribution in [3.63, 3.8) is 0 Å². The van der Waals surface area contributed by atoms with Crippen LogP contribution in [0.3, 0.4) is 0 Å². The highest BCUT2D eigenvalue weighted by atomic mass is 32.2. The second kappa shape index (κ2) is 5.81. The van der Waals surface area contributed by atoms with E-state index in [0.29, 0.717) is 5.03 Å². The molecule has 6 heteroatoms. The third-order valence-corrected chi connectivity index (χ3v) is 3.56. The van der Waals surface area contributed by atoms with E-state index in [-0.39, 0.29) is 5.69 Å². The summed E-state index contributed by atoms with van der Waals surface area (Å²) in [5, 5.41) is 20.9. The quantitative estimate of drug-likeness (QED) is 0.685. The Morgan fingerprint density at radius 1 is 1.32 bits per heavy atom. The smallest absolute Gasteiger partial charge is 0.269 e. The minimum atomic E-state index is -0.603. The average molecular weight is 276 g/mol. The lowest BCUT2D eigenvalue weighted by Gasteiger charge is -2.09. The first-order valence-electron chi connectivity index (χ1n) is 5.63. The summed E-state index contributed by atoms with van der Waals surface area (Å²) in [5.41, 5.74) is 0.798. The summed E-state index contributed by atoms with van der Waals surface area (Å²) in [6.07, 6.45) is 1.05. The monoisotopic (exact) mass is 276 g/mol. The molecule has 1 heterocycles. The molecule has 98 valence electrons. The Morgan fingerprint density at radius 3 is 2.58 bits per heavy atom. The van der Waals surface area contributed by atoms with Gasteiger partial charge in [-0.3, -0.25) is 10.1 Å². The first kappa shape index (κ1) is 13.5. The standard InChI is InChI=1S/C13H12N2O3S/c1-9(16)12-3-2-8-14-13(12)19-11-6-4-10(5-7-11)15(17)18/h2-9,16H,1H3/t9-/m1/s1. The molecule has 0 aliphatic heterocycles. The minimum absolute atomic E-state index is 0.0566. The van der Waals surface area contributed by atoms with Crippen LogP contribution in [0.25, 0.3) is 0 Å². The third kappa shape index (κ3) is 3.30. The number of nitro groups is 1. The van der Waals surface area contributed by atoms with Crippen molar-refractivity contribution in [2.45, 2.75) is 22.9 Å². The first-order valence-corrected chi connectivity index (χ1v) is 6.45. The van der Waals surface area contributed by atoms with Gasteiger partial charge in [-0.15, -0.1) is 0 Å². The van der Waals surface area contributed by atoms with Crippen molar-refractivity contribution < 1.29 is 10.0 Å². The molecule has 5 nitrogen and oxygen atoms in total. The van der Waals surface area contributed by atoms with Crippen LogP contribution in [0.4, 0.5) is 5.69 Å². The molecule has 0 fully saturated rings. The number of aromatic nitrogens is 1. The van der Waals surface area contributed by atoms with E-state index in [1.54, 1.807) is 31.3 Å². The van der Waals surface area contributed by atoms with Crippen molar-refractivity contribution >= 4 is 17.4 Å². The van der Waals surface area contributed by atoms with Gasteiger partial charge in [0.2, 0.25) is 0 Å². The van der Waals surface area contributed by atoms with Gasteiger partial charge in [0.25, 0.3) is 5.69 Å². The number of non-ortho nitro benzene ring substituents is 1. The van der Waals surface area contributed by atoms with Gasteiger partial charge in [0, 0.05) is 28.8 Å². The van der Waals surface area contributed by atoms with Crippen LogP contribution in [0.5, 0.6) is 0 Å². The van der Waals surface area contributed by atoms with E-state index in [9.17, 15) is 15.2 Å². The topological polar surface area (TPSA) is 76.3 Å². The molecule has 0 aliphatic rings. The van der Waals surface area contributed by atoms with Gasteiger partial charge < -0.3 is 5.11 Å². The Balaban J connectivity index is 2.24. The lowest BCUT2D eigenvalue weighted by Crippen LogP contribution is -1.95. The highest BCUT2D eigenvalue weighted by Crippen LogP contribution is 2.32. The van der Waals surface area contributed by atoms with Crippen LogP contribution in [0.15, 0.2) is 52.5 Å². The highest BCUT2D eigenvalue weighted by molar-refractivity contribution is 7.99. The molecular weight excluding hydrogens is 264 g/mol. The molecule has 2 rings (SSSR count). The van der Waals surface area contributed by atoms with E-state index >= 15 is 0 Å². The number of hydrogen-bond donors (Lipinski definition) is 1. The number of aliphatic hydroxyl groups is 1. The van der Waals surface area contributed by atoms with E-state index < -0.39 is 11.0 Å². The van der Waals surface area contributed by atoms with Gasteiger partial charge in [0.1, 0.15) is 5.03 Å². The van der Waals surface area contributed by atoms with Gasteiger partial charge in [-0.2, -0.15) is 0 Å². The Kier molecular flexibility index (Phi) is 4.13. The van der Waals surface area contributed by atoms with Crippen LogP contribution in [0, 0.1) is 10.1 Å². The van der Waals surface area contributed by atoms with Crippen molar-refractivity contribution in [2.24, 2.45) is 0 Å². The summed E-state index contributed by atoms with van der Waals surface area (Å²) in [4.78, 5) is 15.2. The zero-order chi connectivity index (χ0) is 13.8. The molecule has 1 aromatic carbocycles. The largest absolute Gasteiger partial charge is 0.389 e. The molecule has 0 amide bonds. The van der Waals surface area contributed by atoms with E-state index in [4.69, 9.17) is 0 Å². The fourth-order valence-electron chi connectivity index (χ4n) is 1.55. The van der Waals surface area contributed by atoms with Crippen LogP contribution in [-0.2, 0) is 0 Å². The van der Waals surface area contributed by atoms with E-state index in [2.05, 4.69) is 4.98 Å². The van der Waals surface area contributed by atoms with E-state index in [0.717, 1.165) is 10.5 Å². The number of aliphatic hydroxyl groups excluding tert-OH is 1. The number of benzene rings is 1. The van der Waals surface area contributed by atoms with Crippen LogP contribution < -0.4 is 0 Å². The fourth-order valence-corrected chi connectivity index (χ4v) is 2.52. The molecule has 1 N–H and O–H groups in total. The molecular formula is C13H12N2O3S. The van der Waals surface area contributed by atoms with Crippen LogP contribution in [0.1, 0.15) is 18.6 Å². The Labute approximate surface area is 114 Å². The summed E-state index contributed by atoms with van der Waals surface area (Å²) in [7, 11) is 0. The molecule has 1 atom stereocenters. The van der Waals surface area contributed by atoms with Crippen LogP contribution >= 0.6 is 11.8 Å². The maximum absolute atomic E-state index is 10.6. The Hall–Kier alpha value is -1.92. The average Bonchev–Trinajstić information content (AvgIpc) is 2.39. The number of hydrogen-bond acceptors (Lipinski definition) is 5. The van der Waals surface area contributed by atoms with Crippen LogP contribution in [-0.4, -0.2) is 15.0 Å². The predicted octanol–water partition coefficient (Wildman–Crippen LogP) is 3.19. The summed E-state index contributed by atoms with van der Waals surface area (Å²) in [6.45, 7) is 1.68. The minimum Gasteiger partial charge on any atom is -0.389 e. The Morgan fingerprint density at radius 2 is 2.00 bits per heavy atom. The van der Waals surface area contributed by atoms with Gasteiger partial charge in [-0.05, 0) is 25.1 Å². The molecule has 0 bridgehead atoms. The summed E-state index contributed by atoms with van der Waals surface area (Å²) in [5.74, 6) is 0. The first-order chi connectivity index (χ1) is 9.08. The molecule has 1 aromatic heterocycles. The number of nitrogens with zero attached hydrogens (tertiary/aromatic N) is 2. The normalized spacial score (nSPS) is 12.1. The van der Waals surface area contributed by atoms with Gasteiger partial charge in [0.15, 0.2) is 0 Å². The molecule has 2 aromatic rings. The fraction of sp³-hybridized carbons (Fsp3) is 0.154. The van der Waals surface area contributed by atoms with Crippen molar-refractivity contribution in [3.05, 3.63) is 58.3 Å². The molecule has 0 spiro atoms. The van der Waals surface area contributed by atoms with Gasteiger partial charge in [-0.25, -0.2) is 4.98 Å². The zero-order valence-corrected chi connectivity index (χ0v) is 11.0. The summed E-state index contributed by atoms with van der Waals surface area (Å²) in [6, 6.07) is 9.82. The maximum Gasteiger partial charge on any atom is 0.269 e. The molecule has 0 saturated heterocycles. The predicted molar refractivity (Wildman–Crippen MR) is 72.1 cm³/mol. The summed E-state index contributed by atoms with van der Waals surface area (Å²) < 4.78 is 0. The number of pyridine rings is 1. The SMILES string of the molecule is C[C@@H](O)c1cccnc1Sc1ccc([N+](=O)[O-])cc1.